The van der Waals surface area contributed by atoms with E-state index in [0.717, 1.165) is 13.0 Å². The Balaban J connectivity index is 0.000000688. The molecule has 1 saturated heterocycles. The van der Waals surface area contributed by atoms with Crippen molar-refractivity contribution in [2.75, 3.05) is 6.54 Å². The van der Waals surface area contributed by atoms with Crippen LogP contribution in [0.1, 0.15) is 74.7 Å². The van der Waals surface area contributed by atoms with E-state index in [9.17, 15) is 4.79 Å². The van der Waals surface area contributed by atoms with E-state index in [-0.39, 0.29) is 24.6 Å². The molecule has 1 aliphatic heterocycles. The predicted molar refractivity (Wildman–Crippen MR) is 93.1 cm³/mol. The number of esters is 1. The number of ether oxygens (including phenoxy) is 3. The van der Waals surface area contributed by atoms with E-state index in [4.69, 9.17) is 19.9 Å². The normalized spacial score (nSPS) is 25.1. The Kier molecular flexibility index (Phi) is 9.33. The van der Waals surface area contributed by atoms with Gasteiger partial charge in [-0.3, -0.25) is 4.79 Å². The van der Waals surface area contributed by atoms with Crippen LogP contribution in [-0.4, -0.2) is 36.1 Å². The van der Waals surface area contributed by atoms with Gasteiger partial charge in [-0.2, -0.15) is 0 Å². The third-order valence-electron chi connectivity index (χ3n) is 3.44. The summed E-state index contributed by atoms with van der Waals surface area (Å²) in [6.07, 6.45) is 2.20. The molecule has 5 heteroatoms. The van der Waals surface area contributed by atoms with Crippen LogP contribution in [0.2, 0.25) is 0 Å². The fourth-order valence-electron chi connectivity index (χ4n) is 2.24. The summed E-state index contributed by atoms with van der Waals surface area (Å²) < 4.78 is 16.6. The molecule has 0 aliphatic carbocycles. The fourth-order valence-corrected chi connectivity index (χ4v) is 2.24. The lowest BCUT2D eigenvalue weighted by molar-refractivity contribution is -0.296. The van der Waals surface area contributed by atoms with Gasteiger partial charge in [-0.1, -0.05) is 20.3 Å². The molecule has 0 bridgehead atoms. The average molecular weight is 331 g/mol. The monoisotopic (exact) mass is 331 g/mol. The maximum atomic E-state index is 11.7. The minimum atomic E-state index is -0.621. The highest BCUT2D eigenvalue weighted by Gasteiger charge is 2.35. The molecule has 138 valence electrons. The Hall–Kier alpha value is -0.650. The molecule has 0 amide bonds. The van der Waals surface area contributed by atoms with Gasteiger partial charge in [0, 0.05) is 6.42 Å². The smallest absolute Gasteiger partial charge is 0.308 e. The standard InChI is InChI=1S/C13H24O4.C5H13N/c1-9-7-10(16-13(5,6)15-9)8-11(14)17-12(2,3)4;1-3-5(2)4-6/h9-10H,7-8H2,1-6H3;5H,3-4,6H2,1-2H3. The van der Waals surface area contributed by atoms with Crippen molar-refractivity contribution in [1.82, 2.24) is 0 Å². The quantitative estimate of drug-likeness (QED) is 0.796. The number of hydrogen-bond donors (Lipinski definition) is 1. The Morgan fingerprint density at radius 3 is 2.26 bits per heavy atom. The number of nitrogens with two attached hydrogens (primary N) is 1. The molecule has 1 heterocycles. The maximum Gasteiger partial charge on any atom is 0.308 e. The molecule has 0 saturated carbocycles. The number of hydrogen-bond acceptors (Lipinski definition) is 5. The van der Waals surface area contributed by atoms with Gasteiger partial charge in [0.15, 0.2) is 5.79 Å². The van der Waals surface area contributed by atoms with Gasteiger partial charge in [-0.15, -0.1) is 0 Å². The van der Waals surface area contributed by atoms with Crippen molar-refractivity contribution in [1.29, 1.82) is 0 Å². The zero-order valence-corrected chi connectivity index (χ0v) is 16.3. The lowest BCUT2D eigenvalue weighted by Crippen LogP contribution is -2.44. The summed E-state index contributed by atoms with van der Waals surface area (Å²) in [4.78, 5) is 11.7. The Morgan fingerprint density at radius 2 is 1.91 bits per heavy atom. The van der Waals surface area contributed by atoms with Gasteiger partial charge in [-0.25, -0.2) is 0 Å². The maximum absolute atomic E-state index is 11.7. The first-order chi connectivity index (χ1) is 10.4. The van der Waals surface area contributed by atoms with Crippen molar-refractivity contribution < 1.29 is 19.0 Å². The molecular formula is C18H37NO4. The SMILES string of the molecule is CC1CC(CC(=O)OC(C)(C)C)OC(C)(C)O1.CCC(C)CN. The van der Waals surface area contributed by atoms with Crippen LogP contribution in [0, 0.1) is 5.92 Å². The van der Waals surface area contributed by atoms with Crippen molar-refractivity contribution in [3.8, 4) is 0 Å². The van der Waals surface area contributed by atoms with Crippen molar-refractivity contribution in [3.05, 3.63) is 0 Å². The first-order valence-electron chi connectivity index (χ1n) is 8.66. The van der Waals surface area contributed by atoms with Crippen LogP contribution in [-0.2, 0) is 19.0 Å². The average Bonchev–Trinajstić information content (AvgIpc) is 2.33. The second-order valence-electron chi connectivity index (χ2n) is 7.84. The van der Waals surface area contributed by atoms with E-state index < -0.39 is 11.4 Å². The summed E-state index contributed by atoms with van der Waals surface area (Å²) in [5.41, 5.74) is 4.84. The van der Waals surface area contributed by atoms with Gasteiger partial charge in [0.1, 0.15) is 5.60 Å². The van der Waals surface area contributed by atoms with Crippen molar-refractivity contribution in [2.24, 2.45) is 11.7 Å². The van der Waals surface area contributed by atoms with Crippen LogP contribution >= 0.6 is 0 Å². The second-order valence-corrected chi connectivity index (χ2v) is 7.84. The minimum Gasteiger partial charge on any atom is -0.460 e. The van der Waals surface area contributed by atoms with E-state index in [1.807, 2.05) is 41.5 Å². The lowest BCUT2D eigenvalue weighted by atomic mass is 10.1. The fraction of sp³-hybridized carbons (Fsp3) is 0.944. The van der Waals surface area contributed by atoms with Crippen LogP contribution in [0.25, 0.3) is 0 Å². The van der Waals surface area contributed by atoms with Gasteiger partial charge in [0.2, 0.25) is 0 Å². The van der Waals surface area contributed by atoms with Gasteiger partial charge in [-0.05, 0) is 54.0 Å². The van der Waals surface area contributed by atoms with Crippen LogP contribution in [0.4, 0.5) is 0 Å². The van der Waals surface area contributed by atoms with Gasteiger partial charge >= 0.3 is 5.97 Å². The molecule has 1 aliphatic rings. The highest BCUT2D eigenvalue weighted by molar-refractivity contribution is 5.70. The zero-order valence-electron chi connectivity index (χ0n) is 16.3. The molecular weight excluding hydrogens is 294 g/mol. The highest BCUT2D eigenvalue weighted by atomic mass is 16.7. The zero-order chi connectivity index (χ0) is 18.3. The minimum absolute atomic E-state index is 0.103. The first-order valence-corrected chi connectivity index (χ1v) is 8.66. The Morgan fingerprint density at radius 1 is 1.35 bits per heavy atom. The molecule has 1 rings (SSSR count). The molecule has 0 aromatic rings. The molecule has 0 radical (unpaired) electrons. The first kappa shape index (κ1) is 22.4. The number of carbonyl (C=O) groups is 1. The van der Waals surface area contributed by atoms with Gasteiger partial charge < -0.3 is 19.9 Å². The van der Waals surface area contributed by atoms with Crippen molar-refractivity contribution >= 4 is 5.97 Å². The third-order valence-corrected chi connectivity index (χ3v) is 3.44. The number of rotatable bonds is 4. The summed E-state index contributed by atoms with van der Waals surface area (Å²) >= 11 is 0. The van der Waals surface area contributed by atoms with Crippen LogP contribution < -0.4 is 5.73 Å². The second kappa shape index (κ2) is 9.60. The summed E-state index contributed by atoms with van der Waals surface area (Å²) in [6.45, 7) is 16.4. The highest BCUT2D eigenvalue weighted by Crippen LogP contribution is 2.28. The summed E-state index contributed by atoms with van der Waals surface area (Å²) in [7, 11) is 0. The van der Waals surface area contributed by atoms with E-state index in [0.29, 0.717) is 5.92 Å². The molecule has 0 aromatic carbocycles. The van der Waals surface area contributed by atoms with Crippen LogP contribution in [0.15, 0.2) is 0 Å². The van der Waals surface area contributed by atoms with Gasteiger partial charge in [0.25, 0.3) is 0 Å². The molecule has 0 aromatic heterocycles. The van der Waals surface area contributed by atoms with Gasteiger partial charge in [0.05, 0.1) is 18.6 Å². The van der Waals surface area contributed by atoms with Crippen molar-refractivity contribution in [3.63, 3.8) is 0 Å². The summed E-state index contributed by atoms with van der Waals surface area (Å²) in [5.74, 6) is -0.123. The van der Waals surface area contributed by atoms with E-state index in [2.05, 4.69) is 13.8 Å². The molecule has 1 fully saturated rings. The largest absolute Gasteiger partial charge is 0.460 e. The topological polar surface area (TPSA) is 70.8 Å². The Labute approximate surface area is 142 Å². The molecule has 5 nitrogen and oxygen atoms in total. The molecule has 3 unspecified atom stereocenters. The van der Waals surface area contributed by atoms with Crippen LogP contribution in [0.3, 0.4) is 0 Å². The molecule has 3 atom stereocenters. The number of carbonyl (C=O) groups excluding carboxylic acids is 1. The summed E-state index contributed by atoms with van der Waals surface area (Å²) in [6, 6.07) is 0. The molecule has 0 spiro atoms. The van der Waals surface area contributed by atoms with E-state index in [1.165, 1.54) is 6.42 Å². The Bertz CT molecular complexity index is 345. The van der Waals surface area contributed by atoms with Crippen molar-refractivity contribution in [2.45, 2.75) is 98.2 Å². The predicted octanol–water partition coefficient (Wildman–Crippen LogP) is 3.64. The third kappa shape index (κ3) is 11.5. The molecule has 2 N–H and O–H groups in total. The lowest BCUT2D eigenvalue weighted by Gasteiger charge is -2.39. The van der Waals surface area contributed by atoms with Crippen LogP contribution in [0.5, 0.6) is 0 Å². The van der Waals surface area contributed by atoms with E-state index >= 15 is 0 Å². The molecule has 23 heavy (non-hydrogen) atoms. The summed E-state index contributed by atoms with van der Waals surface area (Å²) in [5, 5.41) is 0. The van der Waals surface area contributed by atoms with E-state index in [1.54, 1.807) is 0 Å².